The molecule has 19 heavy (non-hydrogen) atoms. The second-order valence-corrected chi connectivity index (χ2v) is 5.28. The normalized spacial score (nSPS) is 12.6. The molecular formula is C15H13NO2S. The Balaban J connectivity index is 2.25. The number of carbonyl (C=O) groups excluding carboxylic acids is 1. The lowest BCUT2D eigenvalue weighted by molar-refractivity contribution is -0.115. The summed E-state index contributed by atoms with van der Waals surface area (Å²) in [5.41, 5.74) is 1.82. The largest absolute Gasteiger partial charge is 0.495 e. The lowest BCUT2D eigenvalue weighted by Gasteiger charge is -2.30. The third kappa shape index (κ3) is 1.88. The van der Waals surface area contributed by atoms with E-state index in [4.69, 9.17) is 4.74 Å². The second-order valence-electron chi connectivity index (χ2n) is 4.23. The van der Waals surface area contributed by atoms with Gasteiger partial charge in [-0.15, -0.1) is 0 Å². The maximum absolute atomic E-state index is 12.0. The van der Waals surface area contributed by atoms with Crippen LogP contribution in [0, 0.1) is 0 Å². The Labute approximate surface area is 116 Å². The summed E-state index contributed by atoms with van der Waals surface area (Å²) in [5, 5.41) is 0. The average molecular weight is 271 g/mol. The third-order valence-corrected chi connectivity index (χ3v) is 4.23. The Morgan fingerprint density at radius 3 is 2.58 bits per heavy atom. The molecule has 1 heterocycles. The first-order valence-electron chi connectivity index (χ1n) is 5.97. The van der Waals surface area contributed by atoms with Crippen LogP contribution in [0.5, 0.6) is 5.75 Å². The van der Waals surface area contributed by atoms with Gasteiger partial charge in [0.25, 0.3) is 0 Å². The summed E-state index contributed by atoms with van der Waals surface area (Å²) >= 11 is 1.64. The number of fused-ring (bicyclic) bond motifs is 2. The van der Waals surface area contributed by atoms with E-state index in [-0.39, 0.29) is 5.91 Å². The molecular weight excluding hydrogens is 258 g/mol. The zero-order chi connectivity index (χ0) is 13.4. The molecule has 2 aromatic rings. The molecule has 0 fully saturated rings. The van der Waals surface area contributed by atoms with Gasteiger partial charge in [0.1, 0.15) is 5.75 Å². The van der Waals surface area contributed by atoms with E-state index < -0.39 is 0 Å². The van der Waals surface area contributed by atoms with Crippen molar-refractivity contribution in [2.24, 2.45) is 0 Å². The molecule has 0 spiro atoms. The minimum Gasteiger partial charge on any atom is -0.495 e. The van der Waals surface area contributed by atoms with Crippen molar-refractivity contribution in [1.29, 1.82) is 0 Å². The summed E-state index contributed by atoms with van der Waals surface area (Å²) in [4.78, 5) is 15.8. The van der Waals surface area contributed by atoms with Crippen LogP contribution in [0.15, 0.2) is 52.3 Å². The highest BCUT2D eigenvalue weighted by Crippen LogP contribution is 2.51. The molecule has 0 N–H and O–H groups in total. The van der Waals surface area contributed by atoms with E-state index in [1.165, 1.54) is 0 Å². The number of rotatable bonds is 1. The van der Waals surface area contributed by atoms with Gasteiger partial charge in [-0.2, -0.15) is 0 Å². The first kappa shape index (κ1) is 12.1. The average Bonchev–Trinajstić information content (AvgIpc) is 2.43. The van der Waals surface area contributed by atoms with Gasteiger partial charge < -0.3 is 4.74 Å². The van der Waals surface area contributed by atoms with Gasteiger partial charge in [-0.05, 0) is 24.3 Å². The fraction of sp³-hybridized carbons (Fsp3) is 0.133. The molecule has 0 atom stereocenters. The molecule has 0 unspecified atom stereocenters. The summed E-state index contributed by atoms with van der Waals surface area (Å²) in [6.07, 6.45) is 0. The Morgan fingerprint density at radius 1 is 1.11 bits per heavy atom. The first-order chi connectivity index (χ1) is 9.22. The molecule has 1 aliphatic heterocycles. The van der Waals surface area contributed by atoms with E-state index in [0.717, 1.165) is 26.9 Å². The van der Waals surface area contributed by atoms with Crippen LogP contribution in [-0.2, 0) is 4.79 Å². The van der Waals surface area contributed by atoms with Crippen molar-refractivity contribution in [2.45, 2.75) is 16.7 Å². The smallest absolute Gasteiger partial charge is 0.228 e. The molecule has 96 valence electrons. The van der Waals surface area contributed by atoms with Gasteiger partial charge in [0.15, 0.2) is 0 Å². The van der Waals surface area contributed by atoms with Gasteiger partial charge >= 0.3 is 0 Å². The van der Waals surface area contributed by atoms with Gasteiger partial charge in [0.05, 0.1) is 23.4 Å². The monoisotopic (exact) mass is 271 g/mol. The minimum absolute atomic E-state index is 0.00209. The molecule has 1 aliphatic rings. The van der Waals surface area contributed by atoms with E-state index >= 15 is 0 Å². The van der Waals surface area contributed by atoms with Crippen LogP contribution in [0.3, 0.4) is 0 Å². The summed E-state index contributed by atoms with van der Waals surface area (Å²) < 4.78 is 5.40. The zero-order valence-electron chi connectivity index (χ0n) is 10.7. The molecule has 1 amide bonds. The van der Waals surface area contributed by atoms with Crippen molar-refractivity contribution in [3.63, 3.8) is 0 Å². The van der Waals surface area contributed by atoms with Gasteiger partial charge in [-0.1, -0.05) is 30.0 Å². The molecule has 0 bridgehead atoms. The summed E-state index contributed by atoms with van der Waals surface area (Å²) in [5.74, 6) is 0.797. The predicted molar refractivity (Wildman–Crippen MR) is 76.4 cm³/mol. The Hall–Kier alpha value is -1.94. The van der Waals surface area contributed by atoms with Gasteiger partial charge in [0, 0.05) is 11.8 Å². The van der Waals surface area contributed by atoms with Gasteiger partial charge in [-0.3, -0.25) is 9.69 Å². The van der Waals surface area contributed by atoms with Crippen molar-refractivity contribution >= 4 is 29.0 Å². The molecule has 0 saturated heterocycles. The van der Waals surface area contributed by atoms with Crippen LogP contribution in [0.2, 0.25) is 0 Å². The molecule has 0 aromatic heterocycles. The summed E-state index contributed by atoms with van der Waals surface area (Å²) in [6.45, 7) is 1.58. The first-order valence-corrected chi connectivity index (χ1v) is 6.78. The van der Waals surface area contributed by atoms with E-state index in [1.807, 2.05) is 42.5 Å². The van der Waals surface area contributed by atoms with E-state index in [1.54, 1.807) is 30.7 Å². The second kappa shape index (κ2) is 4.63. The number of nitrogens with zero attached hydrogens (tertiary/aromatic N) is 1. The van der Waals surface area contributed by atoms with Gasteiger partial charge in [0.2, 0.25) is 5.91 Å². The number of hydrogen-bond acceptors (Lipinski definition) is 3. The highest BCUT2D eigenvalue weighted by Gasteiger charge is 2.27. The van der Waals surface area contributed by atoms with Crippen LogP contribution < -0.4 is 9.64 Å². The molecule has 4 heteroatoms. The Kier molecular flexibility index (Phi) is 2.95. The number of amides is 1. The number of carbonyl (C=O) groups is 1. The molecule has 0 saturated carbocycles. The van der Waals surface area contributed by atoms with Crippen LogP contribution in [0.25, 0.3) is 0 Å². The number of ether oxygens (including phenoxy) is 1. The van der Waals surface area contributed by atoms with Crippen molar-refractivity contribution in [1.82, 2.24) is 0 Å². The number of para-hydroxylation sites is 1. The topological polar surface area (TPSA) is 29.5 Å². The number of anilines is 2. The standard InChI is InChI=1S/C15H13NO2S/c1-10(17)16-11-6-3-4-9-14(11)19-15-12(16)7-5-8-13(15)18-2/h3-9H,1-2H3. The van der Waals surface area contributed by atoms with Crippen LogP contribution >= 0.6 is 11.8 Å². The number of benzene rings is 2. The van der Waals surface area contributed by atoms with Crippen LogP contribution in [0.4, 0.5) is 11.4 Å². The molecule has 0 aliphatic carbocycles. The Bertz CT molecular complexity index is 654. The number of hydrogen-bond donors (Lipinski definition) is 0. The molecule has 0 radical (unpaired) electrons. The predicted octanol–water partition coefficient (Wildman–Crippen LogP) is 3.84. The fourth-order valence-electron chi connectivity index (χ4n) is 2.25. The molecule has 3 rings (SSSR count). The van der Waals surface area contributed by atoms with Crippen LogP contribution in [0.1, 0.15) is 6.92 Å². The maximum Gasteiger partial charge on any atom is 0.228 e. The zero-order valence-corrected chi connectivity index (χ0v) is 11.5. The van der Waals surface area contributed by atoms with Crippen molar-refractivity contribution in [2.75, 3.05) is 12.0 Å². The highest BCUT2D eigenvalue weighted by atomic mass is 32.2. The van der Waals surface area contributed by atoms with Crippen LogP contribution in [-0.4, -0.2) is 13.0 Å². The quantitative estimate of drug-likeness (QED) is 0.789. The Morgan fingerprint density at radius 2 is 1.84 bits per heavy atom. The third-order valence-electron chi connectivity index (χ3n) is 3.05. The number of methoxy groups -OCH3 is 1. The van der Waals surface area contributed by atoms with E-state index in [2.05, 4.69) is 0 Å². The van der Waals surface area contributed by atoms with Gasteiger partial charge in [-0.25, -0.2) is 0 Å². The molecule has 2 aromatic carbocycles. The van der Waals surface area contributed by atoms with E-state index in [9.17, 15) is 4.79 Å². The molecule has 3 nitrogen and oxygen atoms in total. The maximum atomic E-state index is 12.0. The lowest BCUT2D eigenvalue weighted by Crippen LogP contribution is -2.25. The summed E-state index contributed by atoms with van der Waals surface area (Å²) in [6, 6.07) is 13.7. The van der Waals surface area contributed by atoms with Crippen molar-refractivity contribution < 1.29 is 9.53 Å². The van der Waals surface area contributed by atoms with E-state index in [0.29, 0.717) is 0 Å². The highest BCUT2D eigenvalue weighted by molar-refractivity contribution is 7.99. The summed E-state index contributed by atoms with van der Waals surface area (Å²) in [7, 11) is 1.65. The van der Waals surface area contributed by atoms with Crippen molar-refractivity contribution in [3.8, 4) is 5.75 Å². The lowest BCUT2D eigenvalue weighted by atomic mass is 10.2. The SMILES string of the molecule is COc1cccc2c1Sc1ccccc1N2C(C)=O. The minimum atomic E-state index is 0.00209. The fourth-order valence-corrected chi connectivity index (χ4v) is 3.40. The van der Waals surface area contributed by atoms with Crippen molar-refractivity contribution in [3.05, 3.63) is 42.5 Å².